The maximum Gasteiger partial charge on any atom is 0.140 e. The molecule has 0 aliphatic rings. The molecule has 2 aromatic rings. The summed E-state index contributed by atoms with van der Waals surface area (Å²) in [5, 5.41) is 4.36. The molecule has 0 saturated heterocycles. The predicted octanol–water partition coefficient (Wildman–Crippen LogP) is 3.45. The molecule has 3 nitrogen and oxygen atoms in total. The second-order valence-electron chi connectivity index (χ2n) is 4.50. The highest BCUT2D eigenvalue weighted by atomic mass is 32.1. The van der Waals surface area contributed by atoms with Crippen LogP contribution in [-0.2, 0) is 13.2 Å². The van der Waals surface area contributed by atoms with Crippen LogP contribution in [0.25, 0.3) is 0 Å². The summed E-state index contributed by atoms with van der Waals surface area (Å²) in [6, 6.07) is 8.09. The zero-order chi connectivity index (χ0) is 13.7. The molecule has 4 heteroatoms. The largest absolute Gasteiger partial charge is 0.486 e. The molecule has 0 atom stereocenters. The standard InChI is InChI=1S/C15H20N2OS/c1-4-16-9-14-12(3)17-15(19-14)10-18-13-7-5-6-11(2)8-13/h5-8,16H,4,9-10H2,1-3H3. The molecule has 0 bridgehead atoms. The summed E-state index contributed by atoms with van der Waals surface area (Å²) < 4.78 is 5.77. The van der Waals surface area contributed by atoms with Gasteiger partial charge in [0.15, 0.2) is 0 Å². The van der Waals surface area contributed by atoms with Gasteiger partial charge in [-0.3, -0.25) is 0 Å². The fourth-order valence-electron chi connectivity index (χ4n) is 1.80. The van der Waals surface area contributed by atoms with Crippen molar-refractivity contribution in [3.63, 3.8) is 0 Å². The molecule has 102 valence electrons. The quantitative estimate of drug-likeness (QED) is 0.877. The minimum atomic E-state index is 0.543. The number of hydrogen-bond donors (Lipinski definition) is 1. The summed E-state index contributed by atoms with van der Waals surface area (Å²) >= 11 is 1.72. The summed E-state index contributed by atoms with van der Waals surface area (Å²) in [5.41, 5.74) is 2.31. The highest BCUT2D eigenvalue weighted by Crippen LogP contribution is 2.20. The van der Waals surface area contributed by atoms with Gasteiger partial charge < -0.3 is 10.1 Å². The Labute approximate surface area is 118 Å². The van der Waals surface area contributed by atoms with Crippen LogP contribution in [-0.4, -0.2) is 11.5 Å². The highest BCUT2D eigenvalue weighted by molar-refractivity contribution is 7.11. The van der Waals surface area contributed by atoms with Gasteiger partial charge >= 0.3 is 0 Å². The minimum Gasteiger partial charge on any atom is -0.486 e. The van der Waals surface area contributed by atoms with E-state index in [1.165, 1.54) is 10.4 Å². The highest BCUT2D eigenvalue weighted by Gasteiger charge is 2.07. The number of aromatic nitrogens is 1. The Bertz CT molecular complexity index is 537. The van der Waals surface area contributed by atoms with E-state index in [9.17, 15) is 0 Å². The van der Waals surface area contributed by atoms with Gasteiger partial charge in [-0.1, -0.05) is 19.1 Å². The molecule has 0 radical (unpaired) electrons. The van der Waals surface area contributed by atoms with Gasteiger partial charge in [-0.15, -0.1) is 11.3 Å². The molecule has 0 saturated carbocycles. The van der Waals surface area contributed by atoms with E-state index in [2.05, 4.69) is 37.1 Å². The number of aryl methyl sites for hydroxylation is 2. The molecule has 1 aromatic heterocycles. The van der Waals surface area contributed by atoms with Crippen molar-refractivity contribution in [2.45, 2.75) is 33.9 Å². The molecule has 0 unspecified atom stereocenters. The van der Waals surface area contributed by atoms with Crippen LogP contribution in [0, 0.1) is 13.8 Å². The molecule has 0 fully saturated rings. The average Bonchev–Trinajstić information content (AvgIpc) is 2.75. The maximum atomic E-state index is 5.77. The summed E-state index contributed by atoms with van der Waals surface area (Å²) in [4.78, 5) is 5.85. The predicted molar refractivity (Wildman–Crippen MR) is 79.7 cm³/mol. The van der Waals surface area contributed by atoms with Gasteiger partial charge in [-0.2, -0.15) is 0 Å². The Balaban J connectivity index is 1.96. The van der Waals surface area contributed by atoms with Crippen LogP contribution in [0.1, 0.15) is 28.1 Å². The summed E-state index contributed by atoms with van der Waals surface area (Å²) in [7, 11) is 0. The lowest BCUT2D eigenvalue weighted by atomic mass is 10.2. The van der Waals surface area contributed by atoms with E-state index in [4.69, 9.17) is 4.74 Å². The first-order valence-electron chi connectivity index (χ1n) is 6.54. The first-order valence-corrected chi connectivity index (χ1v) is 7.36. The number of nitrogens with zero attached hydrogens (tertiary/aromatic N) is 1. The lowest BCUT2D eigenvalue weighted by Gasteiger charge is -2.04. The van der Waals surface area contributed by atoms with Crippen molar-refractivity contribution in [1.82, 2.24) is 10.3 Å². The Morgan fingerprint density at radius 3 is 2.89 bits per heavy atom. The minimum absolute atomic E-state index is 0.543. The third-order valence-electron chi connectivity index (χ3n) is 2.82. The smallest absolute Gasteiger partial charge is 0.140 e. The van der Waals surface area contributed by atoms with Crippen molar-refractivity contribution in [2.75, 3.05) is 6.54 Å². The average molecular weight is 276 g/mol. The molecule has 1 heterocycles. The van der Waals surface area contributed by atoms with Gasteiger partial charge in [0.05, 0.1) is 5.69 Å². The van der Waals surface area contributed by atoms with Crippen molar-refractivity contribution in [3.8, 4) is 5.75 Å². The number of rotatable bonds is 6. The molecule has 19 heavy (non-hydrogen) atoms. The number of benzene rings is 1. The number of ether oxygens (including phenoxy) is 1. The first-order chi connectivity index (χ1) is 9.19. The molecule has 0 spiro atoms. The lowest BCUT2D eigenvalue weighted by molar-refractivity contribution is 0.305. The third-order valence-corrected chi connectivity index (χ3v) is 3.96. The second-order valence-corrected chi connectivity index (χ2v) is 5.67. The van der Waals surface area contributed by atoms with Crippen molar-refractivity contribution in [1.29, 1.82) is 0 Å². The number of thiazole rings is 1. The monoisotopic (exact) mass is 276 g/mol. The van der Waals surface area contributed by atoms with E-state index in [0.717, 1.165) is 29.5 Å². The van der Waals surface area contributed by atoms with E-state index < -0.39 is 0 Å². The topological polar surface area (TPSA) is 34.1 Å². The van der Waals surface area contributed by atoms with Crippen LogP contribution in [0.2, 0.25) is 0 Å². The van der Waals surface area contributed by atoms with Gasteiger partial charge in [-0.25, -0.2) is 4.98 Å². The van der Waals surface area contributed by atoms with E-state index in [1.807, 2.05) is 18.2 Å². The van der Waals surface area contributed by atoms with Crippen molar-refractivity contribution >= 4 is 11.3 Å². The zero-order valence-electron chi connectivity index (χ0n) is 11.7. The Hall–Kier alpha value is -1.39. The Morgan fingerprint density at radius 1 is 1.32 bits per heavy atom. The molecular weight excluding hydrogens is 256 g/mol. The molecule has 1 N–H and O–H groups in total. The molecule has 0 amide bonds. The Kier molecular flexibility index (Phi) is 4.93. The molecular formula is C15H20N2OS. The second kappa shape index (κ2) is 6.68. The third kappa shape index (κ3) is 4.04. The fourth-order valence-corrected chi connectivity index (χ4v) is 2.76. The molecule has 0 aliphatic heterocycles. The van der Waals surface area contributed by atoms with Crippen LogP contribution in [0.3, 0.4) is 0 Å². The van der Waals surface area contributed by atoms with Crippen molar-refractivity contribution < 1.29 is 4.74 Å². The van der Waals surface area contributed by atoms with E-state index >= 15 is 0 Å². The molecule has 2 rings (SSSR count). The van der Waals surface area contributed by atoms with Gasteiger partial charge in [-0.05, 0) is 38.1 Å². The summed E-state index contributed by atoms with van der Waals surface area (Å²) in [6.07, 6.45) is 0. The number of hydrogen-bond acceptors (Lipinski definition) is 4. The number of nitrogens with one attached hydrogen (secondary N) is 1. The fraction of sp³-hybridized carbons (Fsp3) is 0.400. The van der Waals surface area contributed by atoms with Crippen LogP contribution >= 0.6 is 11.3 Å². The van der Waals surface area contributed by atoms with E-state index in [1.54, 1.807) is 11.3 Å². The van der Waals surface area contributed by atoms with Crippen molar-refractivity contribution in [3.05, 3.63) is 45.4 Å². The van der Waals surface area contributed by atoms with E-state index in [0.29, 0.717) is 6.61 Å². The SMILES string of the molecule is CCNCc1sc(COc2cccc(C)c2)nc1C. The van der Waals surface area contributed by atoms with Gasteiger partial charge in [0.25, 0.3) is 0 Å². The summed E-state index contributed by atoms with van der Waals surface area (Å²) in [6.45, 7) is 8.64. The first kappa shape index (κ1) is 14.0. The van der Waals surface area contributed by atoms with Gasteiger partial charge in [0.1, 0.15) is 17.4 Å². The summed E-state index contributed by atoms with van der Waals surface area (Å²) in [5.74, 6) is 0.904. The van der Waals surface area contributed by atoms with Crippen LogP contribution in [0.5, 0.6) is 5.75 Å². The van der Waals surface area contributed by atoms with Crippen LogP contribution < -0.4 is 10.1 Å². The van der Waals surface area contributed by atoms with Gasteiger partial charge in [0, 0.05) is 11.4 Å². The lowest BCUT2D eigenvalue weighted by Crippen LogP contribution is -2.11. The molecule has 1 aromatic carbocycles. The zero-order valence-corrected chi connectivity index (χ0v) is 12.5. The van der Waals surface area contributed by atoms with E-state index in [-0.39, 0.29) is 0 Å². The molecule has 0 aliphatic carbocycles. The normalized spacial score (nSPS) is 10.7. The van der Waals surface area contributed by atoms with Crippen LogP contribution in [0.4, 0.5) is 0 Å². The maximum absolute atomic E-state index is 5.77. The van der Waals surface area contributed by atoms with Gasteiger partial charge in [0.2, 0.25) is 0 Å². The van der Waals surface area contributed by atoms with Crippen molar-refractivity contribution in [2.24, 2.45) is 0 Å². The van der Waals surface area contributed by atoms with Crippen LogP contribution in [0.15, 0.2) is 24.3 Å². The Morgan fingerprint density at radius 2 is 2.16 bits per heavy atom.